The first-order chi connectivity index (χ1) is 16.5. The minimum atomic E-state index is -0.355. The molecule has 6 heteroatoms. The van der Waals surface area contributed by atoms with Crippen LogP contribution in [0.3, 0.4) is 0 Å². The van der Waals surface area contributed by atoms with Gasteiger partial charge in [0.1, 0.15) is 12.2 Å². The third kappa shape index (κ3) is 6.09. The van der Waals surface area contributed by atoms with Crippen molar-refractivity contribution in [2.24, 2.45) is 0 Å². The van der Waals surface area contributed by atoms with Crippen molar-refractivity contribution in [3.63, 3.8) is 0 Å². The number of carbonyl (C=O) groups excluding carboxylic acids is 2. The number of nitrogens with one attached hydrogen (secondary N) is 2. The molecule has 2 saturated heterocycles. The van der Waals surface area contributed by atoms with E-state index in [9.17, 15) is 9.59 Å². The summed E-state index contributed by atoms with van der Waals surface area (Å²) in [6.45, 7) is 17.1. The summed E-state index contributed by atoms with van der Waals surface area (Å²) in [5, 5.41) is 8.65. The summed E-state index contributed by atoms with van der Waals surface area (Å²) in [6.07, 6.45) is 2.61. The number of esters is 2. The van der Waals surface area contributed by atoms with Gasteiger partial charge in [0.2, 0.25) is 0 Å². The highest BCUT2D eigenvalue weighted by Gasteiger charge is 2.41. The van der Waals surface area contributed by atoms with Gasteiger partial charge in [-0.1, -0.05) is 24.3 Å². The molecule has 0 radical (unpaired) electrons. The van der Waals surface area contributed by atoms with Crippen LogP contribution in [0, 0.1) is 0 Å². The molecule has 0 atom stereocenters. The van der Waals surface area contributed by atoms with E-state index in [2.05, 4.69) is 66.0 Å². The van der Waals surface area contributed by atoms with Gasteiger partial charge >= 0.3 is 11.9 Å². The molecular weight excluding hydrogens is 452 g/mol. The van der Waals surface area contributed by atoms with E-state index in [1.807, 2.05) is 24.3 Å². The van der Waals surface area contributed by atoms with Crippen LogP contribution >= 0.6 is 0 Å². The van der Waals surface area contributed by atoms with Crippen LogP contribution in [0.4, 0.5) is 0 Å². The number of rotatable bonds is 4. The number of piperidine rings is 2. The number of fused-ring (bicyclic) bond motifs is 1. The first-order valence-corrected chi connectivity index (χ1v) is 13.1. The van der Waals surface area contributed by atoms with E-state index in [0.717, 1.165) is 25.7 Å². The molecule has 0 bridgehead atoms. The molecule has 0 aliphatic carbocycles. The molecule has 0 amide bonds. The Hall–Kier alpha value is -2.44. The summed E-state index contributed by atoms with van der Waals surface area (Å²) in [4.78, 5) is 26.6. The molecule has 6 nitrogen and oxygen atoms in total. The van der Waals surface area contributed by atoms with Crippen LogP contribution in [-0.2, 0) is 9.47 Å². The maximum absolute atomic E-state index is 13.3. The Kier molecular flexibility index (Phi) is 6.76. The van der Waals surface area contributed by atoms with Gasteiger partial charge < -0.3 is 20.1 Å². The highest BCUT2D eigenvalue weighted by atomic mass is 16.5. The van der Waals surface area contributed by atoms with Crippen LogP contribution < -0.4 is 10.6 Å². The quantitative estimate of drug-likeness (QED) is 0.526. The normalized spacial score (nSPS) is 23.2. The lowest BCUT2D eigenvalue weighted by Crippen LogP contribution is -2.59. The third-order valence-corrected chi connectivity index (χ3v) is 7.22. The molecule has 2 aromatic carbocycles. The van der Waals surface area contributed by atoms with Crippen molar-refractivity contribution < 1.29 is 19.1 Å². The highest BCUT2D eigenvalue weighted by Crippen LogP contribution is 2.33. The van der Waals surface area contributed by atoms with Gasteiger partial charge in [-0.15, -0.1) is 0 Å². The fraction of sp³-hybridized carbons (Fsp3) is 0.600. The molecule has 4 rings (SSSR count). The molecule has 2 aliphatic rings. The van der Waals surface area contributed by atoms with E-state index >= 15 is 0 Å². The Morgan fingerprint density at radius 1 is 0.611 bits per heavy atom. The van der Waals surface area contributed by atoms with Crippen LogP contribution in [0.2, 0.25) is 0 Å². The van der Waals surface area contributed by atoms with E-state index in [1.54, 1.807) is 12.1 Å². The van der Waals surface area contributed by atoms with Crippen LogP contribution in [0.15, 0.2) is 36.4 Å². The number of benzene rings is 2. The van der Waals surface area contributed by atoms with Crippen molar-refractivity contribution in [3.05, 3.63) is 47.5 Å². The van der Waals surface area contributed by atoms with Crippen molar-refractivity contribution in [2.75, 3.05) is 0 Å². The lowest BCUT2D eigenvalue weighted by Gasteiger charge is -2.46. The molecule has 2 heterocycles. The van der Waals surface area contributed by atoms with Crippen LogP contribution in [-0.4, -0.2) is 46.3 Å². The molecule has 196 valence electrons. The molecule has 2 aliphatic heterocycles. The topological polar surface area (TPSA) is 76.7 Å². The maximum atomic E-state index is 13.3. The Bertz CT molecular complexity index is 1040. The molecule has 0 saturated carbocycles. The van der Waals surface area contributed by atoms with Gasteiger partial charge in [-0.3, -0.25) is 0 Å². The standard InChI is InChI=1S/C30H42N2O4/c1-27(2)15-19(16-28(3,4)31-27)35-25(33)23-13-14-24(22-12-10-9-11-21(22)23)26(34)36-20-17-29(5,6)32-30(7,8)18-20/h9-14,19-20,31-32H,15-18H2,1-8H3. The number of hydrogen-bond donors (Lipinski definition) is 2. The summed E-state index contributed by atoms with van der Waals surface area (Å²) < 4.78 is 12.0. The third-order valence-electron chi connectivity index (χ3n) is 7.22. The van der Waals surface area contributed by atoms with Crippen molar-refractivity contribution in [1.29, 1.82) is 0 Å². The maximum Gasteiger partial charge on any atom is 0.339 e. The summed E-state index contributed by atoms with van der Waals surface area (Å²) in [5.74, 6) is -0.710. The van der Waals surface area contributed by atoms with E-state index in [4.69, 9.17) is 9.47 Å². The highest BCUT2D eigenvalue weighted by molar-refractivity contribution is 6.11. The summed E-state index contributed by atoms with van der Waals surface area (Å²) in [6, 6.07) is 10.9. The van der Waals surface area contributed by atoms with Gasteiger partial charge in [0, 0.05) is 47.8 Å². The first-order valence-electron chi connectivity index (χ1n) is 13.1. The zero-order chi connectivity index (χ0) is 26.5. The van der Waals surface area contributed by atoms with E-state index in [-0.39, 0.29) is 46.3 Å². The van der Waals surface area contributed by atoms with E-state index in [1.165, 1.54) is 0 Å². The zero-order valence-corrected chi connectivity index (χ0v) is 23.1. The van der Waals surface area contributed by atoms with Gasteiger partial charge in [0.05, 0.1) is 11.1 Å². The predicted octanol–water partition coefficient (Wildman–Crippen LogP) is 5.77. The second kappa shape index (κ2) is 9.14. The average Bonchev–Trinajstić information content (AvgIpc) is 2.68. The summed E-state index contributed by atoms with van der Waals surface area (Å²) in [7, 11) is 0. The Labute approximate surface area is 215 Å². The summed E-state index contributed by atoms with van der Waals surface area (Å²) in [5.41, 5.74) is 0.446. The average molecular weight is 495 g/mol. The second-order valence-corrected chi connectivity index (χ2v) is 13.4. The molecule has 0 spiro atoms. The monoisotopic (exact) mass is 494 g/mol. The number of ether oxygens (including phenoxy) is 2. The number of carbonyl (C=O) groups is 2. The fourth-order valence-electron chi connectivity index (χ4n) is 6.71. The molecule has 0 aromatic heterocycles. The lowest BCUT2D eigenvalue weighted by atomic mass is 9.81. The van der Waals surface area contributed by atoms with Crippen molar-refractivity contribution in [1.82, 2.24) is 10.6 Å². The predicted molar refractivity (Wildman–Crippen MR) is 143 cm³/mol. The molecule has 36 heavy (non-hydrogen) atoms. The van der Waals surface area contributed by atoms with Crippen molar-refractivity contribution >= 4 is 22.7 Å². The molecule has 2 N–H and O–H groups in total. The minimum absolute atomic E-state index is 0.125. The molecule has 2 fully saturated rings. The lowest BCUT2D eigenvalue weighted by molar-refractivity contribution is -0.00780. The minimum Gasteiger partial charge on any atom is -0.459 e. The fourth-order valence-corrected chi connectivity index (χ4v) is 6.71. The van der Waals surface area contributed by atoms with Crippen LogP contribution in [0.5, 0.6) is 0 Å². The Morgan fingerprint density at radius 2 is 0.917 bits per heavy atom. The zero-order valence-electron chi connectivity index (χ0n) is 23.1. The van der Waals surface area contributed by atoms with Crippen molar-refractivity contribution in [2.45, 2.75) is 115 Å². The SMILES string of the molecule is CC1(C)CC(OC(=O)c2ccc(C(=O)OC3CC(C)(C)NC(C)(C)C3)c3ccccc23)CC(C)(C)N1. The van der Waals surface area contributed by atoms with Gasteiger partial charge in [0.25, 0.3) is 0 Å². The van der Waals surface area contributed by atoms with Gasteiger partial charge in [-0.05, 0) is 78.3 Å². The van der Waals surface area contributed by atoms with Gasteiger partial charge in [-0.2, -0.15) is 0 Å². The molecular formula is C30H42N2O4. The van der Waals surface area contributed by atoms with E-state index < -0.39 is 0 Å². The van der Waals surface area contributed by atoms with Crippen molar-refractivity contribution in [3.8, 4) is 0 Å². The van der Waals surface area contributed by atoms with Crippen LogP contribution in [0.1, 0.15) is 102 Å². The Balaban J connectivity index is 1.57. The van der Waals surface area contributed by atoms with Gasteiger partial charge in [0.15, 0.2) is 0 Å². The van der Waals surface area contributed by atoms with Crippen LogP contribution in [0.25, 0.3) is 10.8 Å². The smallest absolute Gasteiger partial charge is 0.339 e. The summed E-state index contributed by atoms with van der Waals surface area (Å²) >= 11 is 0. The second-order valence-electron chi connectivity index (χ2n) is 13.4. The Morgan fingerprint density at radius 3 is 1.22 bits per heavy atom. The largest absolute Gasteiger partial charge is 0.459 e. The van der Waals surface area contributed by atoms with E-state index in [0.29, 0.717) is 21.9 Å². The first kappa shape index (κ1) is 26.6. The number of hydrogen-bond acceptors (Lipinski definition) is 6. The van der Waals surface area contributed by atoms with Gasteiger partial charge in [-0.25, -0.2) is 9.59 Å². The molecule has 0 unspecified atom stereocenters. The molecule has 2 aromatic rings.